The minimum Gasteiger partial charge on any atom is -2.00 e. The summed E-state index contributed by atoms with van der Waals surface area (Å²) < 4.78 is 16.9. The fraction of sp³-hybridized carbons (Fsp3) is 0.100. The molecule has 55 heavy (non-hydrogen) atoms. The van der Waals surface area contributed by atoms with E-state index in [0.29, 0.717) is 0 Å². The summed E-state index contributed by atoms with van der Waals surface area (Å²) in [5, 5.41) is 21.4. The maximum Gasteiger partial charge on any atom is -2.00 e. The van der Waals surface area contributed by atoms with Crippen molar-refractivity contribution in [3.8, 4) is 0 Å². The van der Waals surface area contributed by atoms with Crippen LogP contribution in [0.4, 0.5) is 22.7 Å². The Kier molecular flexibility index (Phi) is 12.9. The molecule has 0 aliphatic rings. The Bertz CT molecular complexity index is 2380. The summed E-state index contributed by atoms with van der Waals surface area (Å²) >= 11 is -1.29. The van der Waals surface area contributed by atoms with Crippen molar-refractivity contribution in [2.24, 2.45) is 36.8 Å². The zero-order chi connectivity index (χ0) is 37.3. The van der Waals surface area contributed by atoms with Crippen molar-refractivity contribution in [1.82, 2.24) is 19.9 Å². The van der Waals surface area contributed by atoms with Gasteiger partial charge in [0.05, 0.1) is 0 Å². The number of hydrogen-bond donors (Lipinski definition) is 0. The van der Waals surface area contributed by atoms with E-state index < -0.39 is 31.3 Å². The van der Waals surface area contributed by atoms with Crippen molar-refractivity contribution in [1.29, 1.82) is 0 Å². The van der Waals surface area contributed by atoms with Crippen LogP contribution >= 0.6 is 0 Å². The molecule has 0 fully saturated rings. The molecule has 0 radical (unpaired) electrons. The van der Waals surface area contributed by atoms with Gasteiger partial charge in [0.25, 0.3) is 0 Å². The molecule has 0 bridgehead atoms. The largest absolute Gasteiger partial charge is 2.00 e. The Labute approximate surface area is 330 Å². The van der Waals surface area contributed by atoms with Crippen molar-refractivity contribution in [3.05, 3.63) is 144 Å². The molecular formula is C40H32Al2N12O. The monoisotopic (exact) mass is 750 g/mol. The molecule has 4 aromatic heterocycles. The first-order valence-corrected chi connectivity index (χ1v) is 19.2. The predicted octanol–water partition coefficient (Wildman–Crippen LogP) is 11.5. The molecule has 0 aliphatic heterocycles. The van der Waals surface area contributed by atoms with E-state index in [0.717, 1.165) is 89.1 Å². The molecule has 0 saturated carbocycles. The Balaban J connectivity index is 0.000000184. The number of pyridine rings is 4. The van der Waals surface area contributed by atoms with Gasteiger partial charge in [0, 0.05) is 0 Å². The van der Waals surface area contributed by atoms with Gasteiger partial charge in [0.15, 0.2) is 0 Å². The number of benzene rings is 4. The number of hydrogen-bond acceptors (Lipinski definition) is 12. The van der Waals surface area contributed by atoms with E-state index in [1.807, 2.05) is 149 Å². The molecule has 0 saturated heterocycles. The molecule has 0 amide bonds. The summed E-state index contributed by atoms with van der Waals surface area (Å²) in [5.41, 5.74) is 10.2. The van der Waals surface area contributed by atoms with Crippen molar-refractivity contribution < 1.29 is 5.48 Å². The molecule has 0 unspecified atom stereocenters. The van der Waals surface area contributed by atoms with Crippen LogP contribution in [-0.4, -0.2) is 51.3 Å². The number of aryl methyl sites for hydroxylation is 4. The average Bonchev–Trinajstić information content (AvgIpc) is 3.18. The normalized spacial score (nSPS) is 11.4. The summed E-state index contributed by atoms with van der Waals surface area (Å²) in [6.45, 7) is 7.86. The second-order valence-electron chi connectivity index (χ2n) is 12.3. The quantitative estimate of drug-likeness (QED) is 0.111. The van der Waals surface area contributed by atoms with Crippen LogP contribution in [0.5, 0.6) is 0 Å². The van der Waals surface area contributed by atoms with Gasteiger partial charge < -0.3 is 5.48 Å². The molecule has 4 aromatic carbocycles. The molecule has 8 rings (SSSR count). The molecule has 0 spiro atoms. The van der Waals surface area contributed by atoms with E-state index in [1.54, 1.807) is 0 Å². The zero-order valence-corrected chi connectivity index (χ0v) is 32.8. The van der Waals surface area contributed by atoms with Gasteiger partial charge in [-0.1, -0.05) is 0 Å². The van der Waals surface area contributed by atoms with Crippen molar-refractivity contribution in [2.45, 2.75) is 27.7 Å². The summed E-state index contributed by atoms with van der Waals surface area (Å²) in [6.07, 6.45) is 0. The third kappa shape index (κ3) is 9.74. The maximum absolute atomic E-state index is 4.56. The standard InChI is InChI=1S/4C10H8N3.2Al.O/c4*1-7-5-6-8-3-2-4-9(13-11)10(8)12-7;;;/h4*2-6H,1H3;;;/q4*-1;2*+3;-2. The van der Waals surface area contributed by atoms with Crippen LogP contribution in [0.25, 0.3) is 43.6 Å². The molecule has 0 N–H and O–H groups in total. The van der Waals surface area contributed by atoms with Gasteiger partial charge in [0.1, 0.15) is 0 Å². The van der Waals surface area contributed by atoms with Gasteiger partial charge in [-0.3, -0.25) is 0 Å². The Hall–Kier alpha value is -6.06. The Morgan fingerprint density at radius 3 is 0.800 bits per heavy atom. The zero-order valence-electron chi connectivity index (χ0n) is 30.5. The smallest absolute Gasteiger partial charge is 2.00 e. The van der Waals surface area contributed by atoms with Crippen LogP contribution in [0.2, 0.25) is 0 Å². The van der Waals surface area contributed by atoms with Gasteiger partial charge in [-0.2, -0.15) is 0 Å². The van der Waals surface area contributed by atoms with Crippen LogP contribution in [0.3, 0.4) is 0 Å². The summed E-state index contributed by atoms with van der Waals surface area (Å²) in [4.78, 5) is 18.2. The third-order valence-corrected chi connectivity index (χ3v) is 9.10. The summed E-state index contributed by atoms with van der Waals surface area (Å²) in [7, 11) is 0. The molecule has 0 atom stereocenters. The van der Waals surface area contributed by atoms with Gasteiger partial charge in [-0.25, -0.2) is 0 Å². The number of para-hydroxylation sites is 4. The van der Waals surface area contributed by atoms with E-state index >= 15 is 0 Å². The number of fused-ring (bicyclic) bond motifs is 4. The van der Waals surface area contributed by atoms with Crippen LogP contribution in [0.15, 0.2) is 158 Å². The topological polar surface area (TPSA) is 179 Å². The second kappa shape index (κ2) is 18.3. The fourth-order valence-corrected chi connectivity index (χ4v) is 6.43. The van der Waals surface area contributed by atoms with Crippen LogP contribution in [0.1, 0.15) is 22.8 Å². The van der Waals surface area contributed by atoms with E-state index in [9.17, 15) is 0 Å². The van der Waals surface area contributed by atoms with Gasteiger partial charge in [0.2, 0.25) is 0 Å². The second-order valence-corrected chi connectivity index (χ2v) is 13.7. The molecule has 8 aromatic rings. The Morgan fingerprint density at radius 1 is 0.327 bits per heavy atom. The van der Waals surface area contributed by atoms with Crippen LogP contribution < -0.4 is 0 Å². The molecule has 15 heteroatoms. The third-order valence-electron chi connectivity index (χ3n) is 8.22. The molecule has 0 aliphatic carbocycles. The van der Waals surface area contributed by atoms with E-state index in [-0.39, 0.29) is 5.48 Å². The predicted molar refractivity (Wildman–Crippen MR) is 216 cm³/mol. The fourth-order valence-electron chi connectivity index (χ4n) is 5.64. The van der Waals surface area contributed by atoms with Crippen LogP contribution in [0, 0.1) is 27.7 Å². The van der Waals surface area contributed by atoms with Crippen molar-refractivity contribution in [3.63, 3.8) is 0 Å². The Morgan fingerprint density at radius 2 is 0.564 bits per heavy atom. The first-order valence-electron chi connectivity index (χ1n) is 17.1. The van der Waals surface area contributed by atoms with E-state index in [2.05, 4.69) is 56.8 Å². The minimum absolute atomic E-state index is 0. The first kappa shape index (κ1) is 38.7. The number of nitrogens with zero attached hydrogens (tertiary/aromatic N) is 12. The van der Waals surface area contributed by atoms with Gasteiger partial charge in [-0.05, 0) is 0 Å². The van der Waals surface area contributed by atoms with E-state index in [1.165, 1.54) is 0 Å². The van der Waals surface area contributed by atoms with Crippen molar-refractivity contribution >= 4 is 97.7 Å². The van der Waals surface area contributed by atoms with E-state index in [4.69, 9.17) is 0 Å². The molecule has 4 heterocycles. The first-order chi connectivity index (χ1) is 26.4. The molecule has 13 nitrogen and oxygen atoms in total. The summed E-state index contributed by atoms with van der Waals surface area (Å²) in [6, 6.07) is 39.6. The van der Waals surface area contributed by atoms with Gasteiger partial charge in [-0.15, -0.1) is 0 Å². The molecule has 264 valence electrons. The van der Waals surface area contributed by atoms with Crippen molar-refractivity contribution in [2.75, 3.05) is 0 Å². The number of aromatic nitrogens is 4. The summed E-state index contributed by atoms with van der Waals surface area (Å²) in [5.74, 6) is 0. The molecular weight excluding hydrogens is 718 g/mol. The van der Waals surface area contributed by atoms with Crippen LogP contribution in [-0.2, 0) is 5.48 Å². The maximum atomic E-state index is 4.56. The number of rotatable bonds is 8. The van der Waals surface area contributed by atoms with Gasteiger partial charge >= 0.3 is 326 Å². The average molecular weight is 751 g/mol. The SMILES string of the molecule is Cc1ccc2cccc(N=[N][Al+][N]=Nc3cccc4ccc(C)nc34)c2n1.Cc1ccc2cccc(N=[N][Al+][N]=Nc3cccc4ccc(C)nc34)c2n1.[O-2]. The minimum atomic E-state index is -0.643.